The van der Waals surface area contributed by atoms with Crippen molar-refractivity contribution in [3.8, 4) is 0 Å². The van der Waals surface area contributed by atoms with Crippen molar-refractivity contribution in [1.82, 2.24) is 9.88 Å². The Hall–Kier alpha value is -2.11. The van der Waals surface area contributed by atoms with Crippen LogP contribution in [0.5, 0.6) is 0 Å². The second kappa shape index (κ2) is 6.56. The zero-order valence-corrected chi connectivity index (χ0v) is 14.1. The molecule has 6 heteroatoms. The van der Waals surface area contributed by atoms with Gasteiger partial charge in [-0.1, -0.05) is 23.7 Å². The molecule has 0 spiro atoms. The molecule has 3 aromatic rings. The summed E-state index contributed by atoms with van der Waals surface area (Å²) in [7, 11) is 1.77. The minimum Gasteiger partial charge on any atom is -0.352 e. The van der Waals surface area contributed by atoms with Crippen molar-refractivity contribution in [2.45, 2.75) is 6.42 Å². The molecule has 0 aliphatic heterocycles. The van der Waals surface area contributed by atoms with E-state index in [0.717, 1.165) is 6.42 Å². The van der Waals surface area contributed by atoms with Gasteiger partial charge in [0, 0.05) is 30.1 Å². The van der Waals surface area contributed by atoms with Gasteiger partial charge >= 0.3 is 0 Å². The lowest BCUT2D eigenvalue weighted by Crippen LogP contribution is -2.31. The van der Waals surface area contributed by atoms with E-state index in [9.17, 15) is 9.59 Å². The fraction of sp³-hybridized carbons (Fsp3) is 0.176. The van der Waals surface area contributed by atoms with E-state index in [0.29, 0.717) is 22.5 Å². The fourth-order valence-electron chi connectivity index (χ4n) is 2.53. The number of halogens is 1. The highest BCUT2D eigenvalue weighted by Crippen LogP contribution is 2.20. The quantitative estimate of drug-likeness (QED) is 0.788. The highest BCUT2D eigenvalue weighted by atomic mass is 35.5. The van der Waals surface area contributed by atoms with Crippen LogP contribution in [0.1, 0.15) is 15.2 Å². The van der Waals surface area contributed by atoms with Crippen molar-refractivity contribution >= 4 is 39.7 Å². The van der Waals surface area contributed by atoms with Crippen molar-refractivity contribution < 1.29 is 4.79 Å². The molecule has 4 nitrogen and oxygen atoms in total. The predicted molar refractivity (Wildman–Crippen MR) is 94.6 cm³/mol. The van der Waals surface area contributed by atoms with Crippen molar-refractivity contribution in [1.29, 1.82) is 0 Å². The van der Waals surface area contributed by atoms with Crippen LogP contribution < -0.4 is 10.7 Å². The minimum atomic E-state index is -0.357. The van der Waals surface area contributed by atoms with Crippen molar-refractivity contribution in [3.05, 3.63) is 67.6 Å². The number of hydrogen-bond acceptors (Lipinski definition) is 3. The smallest absolute Gasteiger partial charge is 0.256 e. The Morgan fingerprint density at radius 1 is 1.30 bits per heavy atom. The van der Waals surface area contributed by atoms with E-state index in [1.165, 1.54) is 11.1 Å². The normalized spacial score (nSPS) is 10.9. The van der Waals surface area contributed by atoms with Gasteiger partial charge in [-0.3, -0.25) is 9.59 Å². The Morgan fingerprint density at radius 3 is 2.87 bits per heavy atom. The monoisotopic (exact) mass is 346 g/mol. The summed E-state index contributed by atoms with van der Waals surface area (Å²) in [6.45, 7) is 0.496. The highest BCUT2D eigenvalue weighted by molar-refractivity contribution is 7.09. The Labute approximate surface area is 142 Å². The number of carbonyl (C=O) groups is 1. The molecular weight excluding hydrogens is 332 g/mol. The van der Waals surface area contributed by atoms with Crippen molar-refractivity contribution in [3.63, 3.8) is 0 Å². The standard InChI is InChI=1S/C17H15ClN2O2S/c1-20-10-13(16(21)12-5-2-6-14(18)15(12)20)17(22)19-8-7-11-4-3-9-23-11/h2-6,9-10H,7-8H2,1H3,(H,19,22). The minimum absolute atomic E-state index is 0.133. The second-order valence-corrected chi connectivity index (χ2v) is 6.64. The number of para-hydroxylation sites is 1. The first-order valence-electron chi connectivity index (χ1n) is 7.16. The average Bonchev–Trinajstić information content (AvgIpc) is 3.04. The van der Waals surface area contributed by atoms with E-state index in [1.54, 1.807) is 41.2 Å². The lowest BCUT2D eigenvalue weighted by atomic mass is 10.1. The number of aryl methyl sites for hydroxylation is 1. The molecule has 3 rings (SSSR count). The molecule has 0 fully saturated rings. The molecule has 0 bridgehead atoms. The molecule has 118 valence electrons. The zero-order chi connectivity index (χ0) is 16.4. The van der Waals surface area contributed by atoms with E-state index in [1.807, 2.05) is 17.5 Å². The van der Waals surface area contributed by atoms with Crippen molar-refractivity contribution in [2.75, 3.05) is 6.54 Å². The molecule has 0 saturated carbocycles. The van der Waals surface area contributed by atoms with Gasteiger partial charge in [0.1, 0.15) is 5.56 Å². The van der Waals surface area contributed by atoms with E-state index < -0.39 is 0 Å². The number of pyridine rings is 1. The van der Waals surface area contributed by atoms with Gasteiger partial charge in [-0.2, -0.15) is 0 Å². The number of aromatic nitrogens is 1. The zero-order valence-electron chi connectivity index (χ0n) is 12.5. The SMILES string of the molecule is Cn1cc(C(=O)NCCc2cccs2)c(=O)c2cccc(Cl)c21. The van der Waals surface area contributed by atoms with Gasteiger partial charge in [0.2, 0.25) is 5.43 Å². The van der Waals surface area contributed by atoms with E-state index in [4.69, 9.17) is 11.6 Å². The summed E-state index contributed by atoms with van der Waals surface area (Å²) in [6, 6.07) is 9.12. The van der Waals surface area contributed by atoms with Gasteiger partial charge in [0.25, 0.3) is 5.91 Å². The van der Waals surface area contributed by atoms with Crippen LogP contribution >= 0.6 is 22.9 Å². The molecular formula is C17H15ClN2O2S. The molecule has 0 aliphatic rings. The Bertz CT molecular complexity index is 916. The molecule has 1 aromatic carbocycles. The van der Waals surface area contributed by atoms with Gasteiger partial charge in [-0.05, 0) is 30.0 Å². The summed E-state index contributed by atoms with van der Waals surface area (Å²) in [5, 5.41) is 5.75. The molecule has 0 radical (unpaired) electrons. The first kappa shape index (κ1) is 15.8. The summed E-state index contributed by atoms with van der Waals surface area (Å²) in [5.74, 6) is -0.357. The summed E-state index contributed by atoms with van der Waals surface area (Å²) >= 11 is 7.80. The maximum Gasteiger partial charge on any atom is 0.256 e. The number of nitrogens with one attached hydrogen (secondary N) is 1. The summed E-state index contributed by atoms with van der Waals surface area (Å²) in [6.07, 6.45) is 2.29. The maximum absolute atomic E-state index is 12.5. The number of benzene rings is 1. The average molecular weight is 347 g/mol. The third-order valence-corrected chi connectivity index (χ3v) is 4.87. The largest absolute Gasteiger partial charge is 0.352 e. The van der Waals surface area contributed by atoms with Crippen LogP contribution in [0.15, 0.2) is 46.7 Å². The number of nitrogens with zero attached hydrogens (tertiary/aromatic N) is 1. The van der Waals surface area contributed by atoms with Gasteiger partial charge in [0.15, 0.2) is 0 Å². The maximum atomic E-state index is 12.5. The molecule has 0 atom stereocenters. The van der Waals surface area contributed by atoms with Crippen LogP contribution in [0.25, 0.3) is 10.9 Å². The lowest BCUT2D eigenvalue weighted by Gasteiger charge is -2.10. The first-order valence-corrected chi connectivity index (χ1v) is 8.42. The third kappa shape index (κ3) is 3.16. The number of amides is 1. The number of carbonyl (C=O) groups excluding carboxylic acids is 1. The van der Waals surface area contributed by atoms with Gasteiger partial charge in [-0.15, -0.1) is 11.3 Å². The Kier molecular flexibility index (Phi) is 4.50. The van der Waals surface area contributed by atoms with E-state index in [-0.39, 0.29) is 16.9 Å². The van der Waals surface area contributed by atoms with Crippen LogP contribution in [0, 0.1) is 0 Å². The molecule has 1 amide bonds. The summed E-state index contributed by atoms with van der Waals surface area (Å²) in [5.41, 5.74) is 0.469. The predicted octanol–water partition coefficient (Wildman–Crippen LogP) is 3.23. The second-order valence-electron chi connectivity index (χ2n) is 5.20. The highest BCUT2D eigenvalue weighted by Gasteiger charge is 2.15. The number of hydrogen-bond donors (Lipinski definition) is 1. The number of thiophene rings is 1. The van der Waals surface area contributed by atoms with Crippen LogP contribution in [-0.2, 0) is 13.5 Å². The van der Waals surface area contributed by atoms with Crippen LogP contribution in [-0.4, -0.2) is 17.0 Å². The van der Waals surface area contributed by atoms with Crippen LogP contribution in [0.2, 0.25) is 5.02 Å². The van der Waals surface area contributed by atoms with E-state index >= 15 is 0 Å². The molecule has 0 unspecified atom stereocenters. The number of fused-ring (bicyclic) bond motifs is 1. The molecule has 1 N–H and O–H groups in total. The molecule has 2 heterocycles. The summed E-state index contributed by atoms with van der Waals surface area (Å²) in [4.78, 5) is 26.1. The lowest BCUT2D eigenvalue weighted by molar-refractivity contribution is 0.0952. The van der Waals surface area contributed by atoms with Gasteiger partial charge < -0.3 is 9.88 Å². The third-order valence-electron chi connectivity index (χ3n) is 3.63. The number of rotatable bonds is 4. The van der Waals surface area contributed by atoms with Gasteiger partial charge in [0.05, 0.1) is 10.5 Å². The van der Waals surface area contributed by atoms with Gasteiger partial charge in [-0.25, -0.2) is 0 Å². The van der Waals surface area contributed by atoms with Crippen LogP contribution in [0.4, 0.5) is 0 Å². The van der Waals surface area contributed by atoms with Crippen LogP contribution in [0.3, 0.4) is 0 Å². The van der Waals surface area contributed by atoms with Crippen molar-refractivity contribution in [2.24, 2.45) is 7.05 Å². The Balaban J connectivity index is 1.86. The molecule has 2 aromatic heterocycles. The molecule has 0 saturated heterocycles. The van der Waals surface area contributed by atoms with E-state index in [2.05, 4.69) is 5.32 Å². The Morgan fingerprint density at radius 2 is 2.13 bits per heavy atom. The fourth-order valence-corrected chi connectivity index (χ4v) is 3.55. The first-order chi connectivity index (χ1) is 11.1. The molecule has 0 aliphatic carbocycles. The topological polar surface area (TPSA) is 51.1 Å². The molecule has 23 heavy (non-hydrogen) atoms. The summed E-state index contributed by atoms with van der Waals surface area (Å²) < 4.78 is 1.72.